The van der Waals surface area contributed by atoms with Gasteiger partial charge in [-0.05, 0) is 43.5 Å². The van der Waals surface area contributed by atoms with Gasteiger partial charge in [0.1, 0.15) is 11.5 Å². The number of hydrogen-bond donors (Lipinski definition) is 3. The Hall–Kier alpha value is -3.60. The Bertz CT molecular complexity index is 1270. The van der Waals surface area contributed by atoms with Gasteiger partial charge < -0.3 is 25.2 Å². The number of urea groups is 1. The molecule has 0 radical (unpaired) electrons. The number of halogens is 3. The number of fused-ring (bicyclic) bond motifs is 1. The standard InChI is InChI=1S/C24H26F3N5O3/c25-24(26,27)20-9-7-16(22(30-20)31-11-2-1-3-12-31)15-28-23(35)29-18-5-4-6-19-17(18)8-10-21(34)32(19)13-14-33/h4-10,33H,1-3,11-15H2,(H2,28,29,35). The Kier molecular flexibility index (Phi) is 7.25. The molecule has 0 spiro atoms. The minimum absolute atomic E-state index is 0.0111. The topological polar surface area (TPSA) is 99.5 Å². The predicted octanol–water partition coefficient (Wildman–Crippen LogP) is 3.72. The Morgan fingerprint density at radius 1 is 1.06 bits per heavy atom. The molecular formula is C24H26F3N5O3. The lowest BCUT2D eigenvalue weighted by atomic mass is 10.1. The number of anilines is 2. The number of aromatic nitrogens is 2. The van der Waals surface area contributed by atoms with Gasteiger partial charge in [0.2, 0.25) is 0 Å². The number of nitrogens with zero attached hydrogens (tertiary/aromatic N) is 3. The maximum atomic E-state index is 13.3. The van der Waals surface area contributed by atoms with Crippen LogP contribution < -0.4 is 21.1 Å². The van der Waals surface area contributed by atoms with Crippen molar-refractivity contribution < 1.29 is 23.1 Å². The van der Waals surface area contributed by atoms with E-state index in [-0.39, 0.29) is 31.1 Å². The third kappa shape index (κ3) is 5.56. The summed E-state index contributed by atoms with van der Waals surface area (Å²) in [4.78, 5) is 30.5. The molecule has 3 N–H and O–H groups in total. The van der Waals surface area contributed by atoms with E-state index in [0.29, 0.717) is 35.2 Å². The highest BCUT2D eigenvalue weighted by atomic mass is 19.4. The molecule has 8 nitrogen and oxygen atoms in total. The lowest BCUT2D eigenvalue weighted by molar-refractivity contribution is -0.141. The van der Waals surface area contributed by atoms with E-state index in [2.05, 4.69) is 15.6 Å². The number of amides is 2. The number of carbonyl (C=O) groups is 1. The second-order valence-electron chi connectivity index (χ2n) is 8.32. The second kappa shape index (κ2) is 10.3. The van der Waals surface area contributed by atoms with Crippen molar-refractivity contribution in [3.05, 3.63) is 64.1 Å². The molecule has 0 bridgehead atoms. The molecule has 2 amide bonds. The van der Waals surface area contributed by atoms with E-state index in [1.165, 1.54) is 16.7 Å². The first-order chi connectivity index (χ1) is 16.8. The van der Waals surface area contributed by atoms with Crippen LogP contribution in [0.5, 0.6) is 0 Å². The average Bonchev–Trinajstić information content (AvgIpc) is 2.84. The zero-order valence-corrected chi connectivity index (χ0v) is 18.9. The van der Waals surface area contributed by atoms with Crippen LogP contribution in [0.2, 0.25) is 0 Å². The van der Waals surface area contributed by atoms with Crippen LogP contribution in [0.15, 0.2) is 47.3 Å². The largest absolute Gasteiger partial charge is 0.433 e. The number of benzene rings is 1. The first kappa shape index (κ1) is 24.5. The molecule has 1 fully saturated rings. The Morgan fingerprint density at radius 2 is 1.83 bits per heavy atom. The summed E-state index contributed by atoms with van der Waals surface area (Å²) in [5.41, 5.74) is 0.270. The molecule has 3 heterocycles. The van der Waals surface area contributed by atoms with E-state index in [9.17, 15) is 27.9 Å². The summed E-state index contributed by atoms with van der Waals surface area (Å²) in [5, 5.41) is 15.3. The van der Waals surface area contributed by atoms with Crippen molar-refractivity contribution in [2.75, 3.05) is 29.9 Å². The monoisotopic (exact) mass is 489 g/mol. The molecule has 2 aromatic heterocycles. The van der Waals surface area contributed by atoms with Crippen LogP contribution in [-0.2, 0) is 19.3 Å². The molecule has 0 unspecified atom stereocenters. The SMILES string of the molecule is O=C(NCc1ccc(C(F)(F)F)nc1N1CCCCC1)Nc1cccc2c1ccc(=O)n2CCO. The quantitative estimate of drug-likeness (QED) is 0.490. The fourth-order valence-electron chi connectivity index (χ4n) is 4.26. The smallest absolute Gasteiger partial charge is 0.395 e. The predicted molar refractivity (Wildman–Crippen MR) is 126 cm³/mol. The van der Waals surface area contributed by atoms with E-state index in [4.69, 9.17) is 0 Å². The van der Waals surface area contributed by atoms with Gasteiger partial charge in [0, 0.05) is 43.2 Å². The molecule has 11 heteroatoms. The van der Waals surface area contributed by atoms with Crippen LogP contribution in [0.3, 0.4) is 0 Å². The molecule has 4 rings (SSSR count). The molecule has 3 aromatic rings. The van der Waals surface area contributed by atoms with Crippen molar-refractivity contribution in [2.24, 2.45) is 0 Å². The van der Waals surface area contributed by atoms with E-state index < -0.39 is 17.9 Å². The number of carbonyl (C=O) groups excluding carboxylic acids is 1. The van der Waals surface area contributed by atoms with Gasteiger partial charge in [-0.3, -0.25) is 4.79 Å². The summed E-state index contributed by atoms with van der Waals surface area (Å²) in [6.07, 6.45) is -1.80. The average molecular weight is 489 g/mol. The highest BCUT2D eigenvalue weighted by molar-refractivity contribution is 6.00. The summed E-state index contributed by atoms with van der Waals surface area (Å²) in [5.74, 6) is 0.234. The minimum Gasteiger partial charge on any atom is -0.395 e. The third-order valence-corrected chi connectivity index (χ3v) is 5.95. The van der Waals surface area contributed by atoms with Crippen molar-refractivity contribution in [3.8, 4) is 0 Å². The molecule has 35 heavy (non-hydrogen) atoms. The van der Waals surface area contributed by atoms with Gasteiger partial charge >= 0.3 is 12.2 Å². The van der Waals surface area contributed by atoms with E-state index in [1.54, 1.807) is 24.3 Å². The highest BCUT2D eigenvalue weighted by Gasteiger charge is 2.33. The highest BCUT2D eigenvalue weighted by Crippen LogP contribution is 2.31. The van der Waals surface area contributed by atoms with E-state index in [0.717, 1.165) is 25.3 Å². The van der Waals surface area contributed by atoms with Gasteiger partial charge in [-0.2, -0.15) is 13.2 Å². The van der Waals surface area contributed by atoms with Crippen molar-refractivity contribution in [1.29, 1.82) is 0 Å². The van der Waals surface area contributed by atoms with Crippen molar-refractivity contribution in [3.63, 3.8) is 0 Å². The fraction of sp³-hybridized carbons (Fsp3) is 0.375. The van der Waals surface area contributed by atoms with Gasteiger partial charge in [-0.15, -0.1) is 0 Å². The molecule has 0 saturated carbocycles. The minimum atomic E-state index is -4.56. The first-order valence-electron chi connectivity index (χ1n) is 11.4. The third-order valence-electron chi connectivity index (χ3n) is 5.95. The maximum absolute atomic E-state index is 13.3. The van der Waals surface area contributed by atoms with Crippen LogP contribution in [0.1, 0.15) is 30.5 Å². The van der Waals surface area contributed by atoms with Crippen LogP contribution >= 0.6 is 0 Å². The zero-order valence-electron chi connectivity index (χ0n) is 18.9. The molecular weight excluding hydrogens is 463 g/mol. The van der Waals surface area contributed by atoms with Crippen molar-refractivity contribution >= 4 is 28.4 Å². The van der Waals surface area contributed by atoms with Crippen molar-refractivity contribution in [1.82, 2.24) is 14.9 Å². The number of aliphatic hydroxyl groups is 1. The summed E-state index contributed by atoms with van der Waals surface area (Å²) in [6, 6.07) is 9.75. The number of rotatable bonds is 6. The fourth-order valence-corrected chi connectivity index (χ4v) is 4.26. The molecule has 0 atom stereocenters. The zero-order chi connectivity index (χ0) is 25.0. The van der Waals surface area contributed by atoms with Crippen LogP contribution in [-0.4, -0.2) is 40.4 Å². The Balaban J connectivity index is 1.53. The van der Waals surface area contributed by atoms with Gasteiger partial charge in [-0.1, -0.05) is 12.1 Å². The number of piperidine rings is 1. The lowest BCUT2D eigenvalue weighted by Crippen LogP contribution is -2.34. The molecule has 1 aliphatic heterocycles. The van der Waals surface area contributed by atoms with Crippen molar-refractivity contribution in [2.45, 2.75) is 38.5 Å². The summed E-state index contributed by atoms with van der Waals surface area (Å²) in [6.45, 7) is 1.12. The second-order valence-corrected chi connectivity index (χ2v) is 8.32. The molecule has 186 valence electrons. The summed E-state index contributed by atoms with van der Waals surface area (Å²) < 4.78 is 41.2. The number of nitrogens with one attached hydrogen (secondary N) is 2. The number of hydrogen-bond acceptors (Lipinski definition) is 5. The van der Waals surface area contributed by atoms with Gasteiger partial charge in [0.25, 0.3) is 5.56 Å². The summed E-state index contributed by atoms with van der Waals surface area (Å²) >= 11 is 0. The number of aliphatic hydroxyl groups excluding tert-OH is 1. The normalized spacial score (nSPS) is 14.2. The van der Waals surface area contributed by atoms with Crippen LogP contribution in [0, 0.1) is 0 Å². The molecule has 1 aromatic carbocycles. The Labute approximate surface area is 199 Å². The maximum Gasteiger partial charge on any atom is 0.433 e. The first-order valence-corrected chi connectivity index (χ1v) is 11.4. The van der Waals surface area contributed by atoms with Crippen LogP contribution in [0.4, 0.5) is 29.5 Å². The van der Waals surface area contributed by atoms with Gasteiger partial charge in [0.15, 0.2) is 0 Å². The summed E-state index contributed by atoms with van der Waals surface area (Å²) in [7, 11) is 0. The van der Waals surface area contributed by atoms with Gasteiger partial charge in [-0.25, -0.2) is 9.78 Å². The molecule has 0 aliphatic carbocycles. The molecule has 1 aliphatic rings. The van der Waals surface area contributed by atoms with E-state index >= 15 is 0 Å². The lowest BCUT2D eigenvalue weighted by Gasteiger charge is -2.30. The number of alkyl halides is 3. The Morgan fingerprint density at radius 3 is 2.54 bits per heavy atom. The van der Waals surface area contributed by atoms with Crippen LogP contribution in [0.25, 0.3) is 10.9 Å². The number of pyridine rings is 2. The molecule has 1 saturated heterocycles. The van der Waals surface area contributed by atoms with Gasteiger partial charge in [0.05, 0.1) is 17.8 Å². The van der Waals surface area contributed by atoms with E-state index in [1.807, 2.05) is 4.90 Å².